The average Bonchev–Trinajstić information content (AvgIpc) is 3.04. The Hall–Kier alpha value is -1.28. The van der Waals surface area contributed by atoms with Crippen LogP contribution >= 0.6 is 35.6 Å². The van der Waals surface area contributed by atoms with Crippen molar-refractivity contribution in [1.29, 1.82) is 0 Å². The highest BCUT2D eigenvalue weighted by Crippen LogP contribution is 2.24. The van der Waals surface area contributed by atoms with E-state index in [1.807, 2.05) is 24.3 Å². The topological polar surface area (TPSA) is 62.5 Å². The molecule has 0 aliphatic carbocycles. The first-order valence-corrected chi connectivity index (χ1v) is 8.85. The molecule has 1 heterocycles. The highest BCUT2D eigenvalue weighted by atomic mass is 127. The molecule has 0 aliphatic rings. The number of hydrogen-bond donors (Lipinski definition) is 2. The molecule has 2 rings (SSSR count). The van der Waals surface area contributed by atoms with Crippen molar-refractivity contribution >= 4 is 41.5 Å². The summed E-state index contributed by atoms with van der Waals surface area (Å²) in [7, 11) is 1.75. The molecule has 26 heavy (non-hydrogen) atoms. The van der Waals surface area contributed by atoms with Crippen molar-refractivity contribution in [2.24, 2.45) is 4.99 Å². The summed E-state index contributed by atoms with van der Waals surface area (Å²) in [6, 6.07) is 9.93. The lowest BCUT2D eigenvalue weighted by atomic mass is 9.84. The second-order valence-electron chi connectivity index (χ2n) is 7.05. The first kappa shape index (κ1) is 22.8. The fraction of sp³-hybridized carbons (Fsp3) is 0.474. The quantitative estimate of drug-likeness (QED) is 0.350. The van der Waals surface area contributed by atoms with Gasteiger partial charge >= 0.3 is 0 Å². The maximum absolute atomic E-state index is 6.11. The number of hydrogen-bond acceptors (Lipinski definition) is 3. The van der Waals surface area contributed by atoms with Crippen LogP contribution in [-0.4, -0.2) is 24.7 Å². The zero-order valence-corrected chi connectivity index (χ0v) is 19.1. The van der Waals surface area contributed by atoms with Gasteiger partial charge < -0.3 is 15.2 Å². The van der Waals surface area contributed by atoms with E-state index in [9.17, 15) is 0 Å². The molecule has 2 N–H and O–H groups in total. The van der Waals surface area contributed by atoms with Gasteiger partial charge in [0, 0.05) is 30.1 Å². The van der Waals surface area contributed by atoms with E-state index in [1.165, 1.54) is 5.56 Å². The number of benzene rings is 1. The van der Waals surface area contributed by atoms with Gasteiger partial charge in [0.25, 0.3) is 0 Å². The molecule has 0 atom stereocenters. The van der Waals surface area contributed by atoms with Crippen molar-refractivity contribution in [1.82, 2.24) is 15.8 Å². The van der Waals surface area contributed by atoms with E-state index in [4.69, 9.17) is 16.1 Å². The minimum Gasteiger partial charge on any atom is -0.359 e. The van der Waals surface area contributed by atoms with E-state index in [2.05, 4.69) is 54.5 Å². The molecule has 1 aromatic heterocycles. The molecule has 0 fully saturated rings. The molecule has 0 saturated heterocycles. The molecule has 0 saturated carbocycles. The molecule has 0 unspecified atom stereocenters. The van der Waals surface area contributed by atoms with Crippen LogP contribution in [0.3, 0.4) is 0 Å². The number of aliphatic imine (C=N–C) groups is 1. The van der Waals surface area contributed by atoms with Gasteiger partial charge in [-0.1, -0.05) is 56.6 Å². The van der Waals surface area contributed by atoms with Gasteiger partial charge in [-0.2, -0.15) is 0 Å². The van der Waals surface area contributed by atoms with E-state index in [0.29, 0.717) is 12.5 Å². The van der Waals surface area contributed by atoms with Gasteiger partial charge in [-0.05, 0) is 23.6 Å². The number of halogens is 2. The summed E-state index contributed by atoms with van der Waals surface area (Å²) in [6.07, 6.45) is 0. The molecule has 1 aromatic carbocycles. The largest absolute Gasteiger partial charge is 0.359 e. The zero-order valence-electron chi connectivity index (χ0n) is 16.0. The highest BCUT2D eigenvalue weighted by Gasteiger charge is 2.21. The summed E-state index contributed by atoms with van der Waals surface area (Å²) < 4.78 is 5.34. The van der Waals surface area contributed by atoms with Crippen molar-refractivity contribution in [2.75, 3.05) is 13.6 Å². The molecule has 0 radical (unpaired) electrons. The second-order valence-corrected chi connectivity index (χ2v) is 7.48. The maximum Gasteiger partial charge on any atom is 0.191 e. The minimum atomic E-state index is -0.0838. The van der Waals surface area contributed by atoms with Crippen LogP contribution in [0.4, 0.5) is 0 Å². The smallest absolute Gasteiger partial charge is 0.191 e. The van der Waals surface area contributed by atoms with E-state index in [0.717, 1.165) is 29.0 Å². The number of nitrogens with one attached hydrogen (secondary N) is 2. The Morgan fingerprint density at radius 1 is 1.27 bits per heavy atom. The van der Waals surface area contributed by atoms with Gasteiger partial charge in [0.15, 0.2) is 11.7 Å². The van der Waals surface area contributed by atoms with Crippen molar-refractivity contribution in [2.45, 2.75) is 45.6 Å². The van der Waals surface area contributed by atoms with E-state index >= 15 is 0 Å². The molecule has 0 amide bonds. The molecule has 7 heteroatoms. The van der Waals surface area contributed by atoms with Crippen molar-refractivity contribution in [3.8, 4) is 0 Å². The summed E-state index contributed by atoms with van der Waals surface area (Å²) >= 11 is 6.11. The van der Waals surface area contributed by atoms with Crippen LogP contribution in [0.5, 0.6) is 0 Å². The second kappa shape index (κ2) is 10.2. The summed E-state index contributed by atoms with van der Waals surface area (Å²) in [5, 5.41) is 11.4. The SMILES string of the molecule is CN=C(NCc1cc(C(C)C)no1)NCC(C)(C)c1cccc(Cl)c1.I. The van der Waals surface area contributed by atoms with Crippen LogP contribution in [0.15, 0.2) is 39.8 Å². The Labute approximate surface area is 178 Å². The Bertz CT molecular complexity index is 728. The van der Waals surface area contributed by atoms with Gasteiger partial charge in [-0.3, -0.25) is 4.99 Å². The average molecular weight is 491 g/mol. The van der Waals surface area contributed by atoms with Gasteiger partial charge in [-0.25, -0.2) is 0 Å². The van der Waals surface area contributed by atoms with Crippen LogP contribution in [0.25, 0.3) is 0 Å². The van der Waals surface area contributed by atoms with Crippen LogP contribution in [0.1, 0.15) is 50.6 Å². The van der Waals surface area contributed by atoms with E-state index < -0.39 is 0 Å². The predicted octanol–water partition coefficient (Wildman–Crippen LogP) is 4.71. The Morgan fingerprint density at radius 2 is 2.00 bits per heavy atom. The lowest BCUT2D eigenvalue weighted by molar-refractivity contribution is 0.371. The summed E-state index contributed by atoms with van der Waals surface area (Å²) in [4.78, 5) is 4.27. The molecule has 0 aliphatic heterocycles. The predicted molar refractivity (Wildman–Crippen MR) is 119 cm³/mol. The maximum atomic E-state index is 6.11. The number of rotatable bonds is 6. The van der Waals surface area contributed by atoms with Crippen molar-refractivity contribution in [3.63, 3.8) is 0 Å². The molecule has 0 bridgehead atoms. The normalized spacial score (nSPS) is 12.0. The molecule has 5 nitrogen and oxygen atoms in total. The monoisotopic (exact) mass is 490 g/mol. The van der Waals surface area contributed by atoms with Gasteiger partial charge in [-0.15, -0.1) is 24.0 Å². The fourth-order valence-corrected chi connectivity index (χ4v) is 2.58. The summed E-state index contributed by atoms with van der Waals surface area (Å²) in [5.74, 6) is 1.87. The molecule has 0 spiro atoms. The van der Waals surface area contributed by atoms with Gasteiger partial charge in [0.2, 0.25) is 0 Å². The van der Waals surface area contributed by atoms with Crippen LogP contribution in [0.2, 0.25) is 5.02 Å². The summed E-state index contributed by atoms with van der Waals surface area (Å²) in [6.45, 7) is 9.78. The highest BCUT2D eigenvalue weighted by molar-refractivity contribution is 14.0. The van der Waals surface area contributed by atoms with E-state index in [1.54, 1.807) is 7.05 Å². The van der Waals surface area contributed by atoms with Crippen LogP contribution < -0.4 is 10.6 Å². The fourth-order valence-electron chi connectivity index (χ4n) is 2.39. The van der Waals surface area contributed by atoms with E-state index in [-0.39, 0.29) is 29.4 Å². The lowest BCUT2D eigenvalue weighted by Crippen LogP contribution is -2.43. The third-order valence-corrected chi connectivity index (χ3v) is 4.36. The molecular formula is C19H28ClIN4O. The van der Waals surface area contributed by atoms with Crippen molar-refractivity contribution < 1.29 is 4.52 Å². The summed E-state index contributed by atoms with van der Waals surface area (Å²) in [5.41, 5.74) is 2.06. The first-order chi connectivity index (χ1) is 11.8. The lowest BCUT2D eigenvalue weighted by Gasteiger charge is -2.27. The third kappa shape index (κ3) is 6.46. The van der Waals surface area contributed by atoms with Crippen molar-refractivity contribution in [3.05, 3.63) is 52.4 Å². The number of nitrogens with zero attached hydrogens (tertiary/aromatic N) is 2. The standard InChI is InChI=1S/C19H27ClN4O.HI/c1-13(2)17-10-16(25-24-17)11-22-18(21-5)23-12-19(3,4)14-7-6-8-15(20)9-14;/h6-10,13H,11-12H2,1-5H3,(H2,21,22,23);1H. The van der Waals surface area contributed by atoms with Crippen LogP contribution in [-0.2, 0) is 12.0 Å². The number of guanidine groups is 1. The van der Waals surface area contributed by atoms with Crippen LogP contribution in [0, 0.1) is 0 Å². The molecule has 144 valence electrons. The Balaban J connectivity index is 0.00000338. The first-order valence-electron chi connectivity index (χ1n) is 8.48. The number of aromatic nitrogens is 1. The Morgan fingerprint density at radius 3 is 2.58 bits per heavy atom. The molecule has 2 aromatic rings. The third-order valence-electron chi connectivity index (χ3n) is 4.13. The Kier molecular flexibility index (Phi) is 8.89. The van der Waals surface area contributed by atoms with Gasteiger partial charge in [0.05, 0.1) is 12.2 Å². The van der Waals surface area contributed by atoms with Gasteiger partial charge in [0.1, 0.15) is 0 Å². The minimum absolute atomic E-state index is 0. The molecular weight excluding hydrogens is 463 g/mol. The zero-order chi connectivity index (χ0) is 18.4.